The fraction of sp³-hybridized carbons (Fsp3) is 0.188. The van der Waals surface area contributed by atoms with Crippen LogP contribution in [0.3, 0.4) is 0 Å². The average Bonchev–Trinajstić information content (AvgIpc) is 2.45. The first-order valence-corrected chi connectivity index (χ1v) is 6.37. The Balaban J connectivity index is 2.07. The van der Waals surface area contributed by atoms with Gasteiger partial charge in [-0.15, -0.1) is 0 Å². The number of ether oxygens (including phenoxy) is 1. The number of hydrogen-bond donors (Lipinski definition) is 2. The quantitative estimate of drug-likeness (QED) is 0.878. The molecule has 2 rings (SSSR count). The molecule has 20 heavy (non-hydrogen) atoms. The van der Waals surface area contributed by atoms with Gasteiger partial charge < -0.3 is 15.8 Å². The van der Waals surface area contributed by atoms with E-state index < -0.39 is 5.91 Å². The lowest BCUT2D eigenvalue weighted by atomic mass is 10.1. The summed E-state index contributed by atoms with van der Waals surface area (Å²) in [6.45, 7) is 2.68. The predicted molar refractivity (Wildman–Crippen MR) is 80.0 cm³/mol. The molecule has 0 aromatic heterocycles. The van der Waals surface area contributed by atoms with Crippen molar-refractivity contribution in [1.82, 2.24) is 0 Å². The van der Waals surface area contributed by atoms with E-state index in [0.717, 1.165) is 22.6 Å². The molecule has 0 bridgehead atoms. The van der Waals surface area contributed by atoms with Gasteiger partial charge in [0.15, 0.2) is 0 Å². The number of hydrogen-bond acceptors (Lipinski definition) is 3. The maximum Gasteiger partial charge on any atom is 0.248 e. The van der Waals surface area contributed by atoms with Crippen LogP contribution in [0.15, 0.2) is 42.5 Å². The number of aryl methyl sites for hydroxylation is 1. The molecule has 0 aliphatic carbocycles. The van der Waals surface area contributed by atoms with Gasteiger partial charge in [-0.3, -0.25) is 4.79 Å². The Morgan fingerprint density at radius 2 is 2.05 bits per heavy atom. The molecule has 4 nitrogen and oxygen atoms in total. The molecular formula is C16H18N2O2. The Morgan fingerprint density at radius 3 is 2.70 bits per heavy atom. The lowest BCUT2D eigenvalue weighted by Gasteiger charge is -2.10. The Morgan fingerprint density at radius 1 is 1.25 bits per heavy atom. The van der Waals surface area contributed by atoms with E-state index in [1.807, 2.05) is 31.2 Å². The molecule has 104 valence electrons. The van der Waals surface area contributed by atoms with Crippen molar-refractivity contribution in [2.75, 3.05) is 12.4 Å². The summed E-state index contributed by atoms with van der Waals surface area (Å²) in [5.74, 6) is 0.457. The number of methoxy groups -OCH3 is 1. The zero-order valence-corrected chi connectivity index (χ0v) is 11.6. The van der Waals surface area contributed by atoms with Gasteiger partial charge in [0.05, 0.1) is 7.11 Å². The highest BCUT2D eigenvalue weighted by Crippen LogP contribution is 2.19. The van der Waals surface area contributed by atoms with Gasteiger partial charge in [0, 0.05) is 17.8 Å². The normalized spacial score (nSPS) is 10.1. The van der Waals surface area contributed by atoms with E-state index in [4.69, 9.17) is 10.5 Å². The van der Waals surface area contributed by atoms with Crippen LogP contribution in [0.5, 0.6) is 5.75 Å². The number of rotatable bonds is 5. The average molecular weight is 270 g/mol. The summed E-state index contributed by atoms with van der Waals surface area (Å²) in [6.07, 6.45) is 0. The molecule has 0 radical (unpaired) electrons. The largest absolute Gasteiger partial charge is 0.496 e. The lowest BCUT2D eigenvalue weighted by Crippen LogP contribution is -2.11. The molecule has 0 heterocycles. The number of primary amides is 1. The summed E-state index contributed by atoms with van der Waals surface area (Å²) in [5, 5.41) is 3.27. The molecule has 0 aliphatic rings. The molecule has 0 fully saturated rings. The summed E-state index contributed by atoms with van der Waals surface area (Å²) in [7, 11) is 1.66. The van der Waals surface area contributed by atoms with Gasteiger partial charge in [0.1, 0.15) is 5.75 Å². The summed E-state index contributed by atoms with van der Waals surface area (Å²) in [4.78, 5) is 11.1. The van der Waals surface area contributed by atoms with Crippen LogP contribution in [0.2, 0.25) is 0 Å². The molecule has 0 saturated heterocycles. The minimum absolute atomic E-state index is 0.422. The second-order valence-corrected chi connectivity index (χ2v) is 4.60. The van der Waals surface area contributed by atoms with Gasteiger partial charge in [-0.1, -0.05) is 18.2 Å². The Labute approximate surface area is 118 Å². The Bertz CT molecular complexity index is 624. The van der Waals surface area contributed by atoms with E-state index in [9.17, 15) is 4.79 Å². The van der Waals surface area contributed by atoms with Gasteiger partial charge in [0.25, 0.3) is 0 Å². The van der Waals surface area contributed by atoms with Crippen LogP contribution in [0, 0.1) is 6.92 Å². The number of amides is 1. The molecule has 3 N–H and O–H groups in total. The Hall–Kier alpha value is -2.49. The fourth-order valence-corrected chi connectivity index (χ4v) is 2.04. The second kappa shape index (κ2) is 6.10. The Kier molecular flexibility index (Phi) is 4.25. The number of carbonyl (C=O) groups excluding carboxylic acids is 1. The van der Waals surface area contributed by atoms with E-state index in [-0.39, 0.29) is 0 Å². The van der Waals surface area contributed by atoms with E-state index in [1.54, 1.807) is 19.2 Å². The van der Waals surface area contributed by atoms with Crippen molar-refractivity contribution < 1.29 is 9.53 Å². The number of nitrogens with one attached hydrogen (secondary N) is 1. The van der Waals surface area contributed by atoms with Crippen LogP contribution < -0.4 is 15.8 Å². The monoisotopic (exact) mass is 270 g/mol. The molecule has 0 aliphatic heterocycles. The third-order valence-electron chi connectivity index (χ3n) is 3.10. The lowest BCUT2D eigenvalue weighted by molar-refractivity contribution is 0.100. The van der Waals surface area contributed by atoms with Crippen LogP contribution in [0.1, 0.15) is 21.5 Å². The van der Waals surface area contributed by atoms with Crippen molar-refractivity contribution in [3.05, 3.63) is 59.2 Å². The fourth-order valence-electron chi connectivity index (χ4n) is 2.04. The summed E-state index contributed by atoms with van der Waals surface area (Å²) < 4.78 is 5.23. The zero-order chi connectivity index (χ0) is 14.5. The minimum atomic E-state index is -0.422. The summed E-state index contributed by atoms with van der Waals surface area (Å²) in [6, 6.07) is 13.2. The van der Waals surface area contributed by atoms with Crippen molar-refractivity contribution in [3.63, 3.8) is 0 Å². The van der Waals surface area contributed by atoms with E-state index in [0.29, 0.717) is 12.1 Å². The molecule has 4 heteroatoms. The molecule has 2 aromatic rings. The third kappa shape index (κ3) is 3.29. The van der Waals surface area contributed by atoms with Gasteiger partial charge in [-0.05, 0) is 42.3 Å². The second-order valence-electron chi connectivity index (χ2n) is 4.60. The first-order chi connectivity index (χ1) is 9.60. The first kappa shape index (κ1) is 13.9. The highest BCUT2D eigenvalue weighted by molar-refractivity contribution is 5.93. The van der Waals surface area contributed by atoms with Gasteiger partial charge in [-0.25, -0.2) is 0 Å². The standard InChI is InChI=1S/C16H18N2O2/c1-11-8-12(6-7-15(11)20-2)10-18-14-5-3-4-13(9-14)16(17)19/h3-9,18H,10H2,1-2H3,(H2,17,19). The minimum Gasteiger partial charge on any atom is -0.496 e. The SMILES string of the molecule is COc1ccc(CNc2cccc(C(N)=O)c2)cc1C. The molecule has 2 aromatic carbocycles. The van der Waals surface area contributed by atoms with Crippen molar-refractivity contribution in [2.45, 2.75) is 13.5 Å². The number of carbonyl (C=O) groups is 1. The van der Waals surface area contributed by atoms with Crippen LogP contribution >= 0.6 is 0 Å². The topological polar surface area (TPSA) is 64.3 Å². The van der Waals surface area contributed by atoms with E-state index >= 15 is 0 Å². The number of benzene rings is 2. The van der Waals surface area contributed by atoms with Gasteiger partial charge >= 0.3 is 0 Å². The first-order valence-electron chi connectivity index (χ1n) is 6.37. The van der Waals surface area contributed by atoms with Crippen LogP contribution in [0.4, 0.5) is 5.69 Å². The maximum atomic E-state index is 11.1. The van der Waals surface area contributed by atoms with Crippen molar-refractivity contribution in [1.29, 1.82) is 0 Å². The van der Waals surface area contributed by atoms with Gasteiger partial charge in [0.2, 0.25) is 5.91 Å². The molecule has 0 atom stereocenters. The van der Waals surface area contributed by atoms with E-state index in [1.165, 1.54) is 0 Å². The maximum absolute atomic E-state index is 11.1. The van der Waals surface area contributed by atoms with Gasteiger partial charge in [-0.2, -0.15) is 0 Å². The molecule has 1 amide bonds. The summed E-state index contributed by atoms with van der Waals surface area (Å²) >= 11 is 0. The number of nitrogens with two attached hydrogens (primary N) is 1. The van der Waals surface area contributed by atoms with Crippen molar-refractivity contribution in [3.8, 4) is 5.75 Å². The smallest absolute Gasteiger partial charge is 0.248 e. The molecular weight excluding hydrogens is 252 g/mol. The van der Waals surface area contributed by atoms with Crippen molar-refractivity contribution in [2.24, 2.45) is 5.73 Å². The zero-order valence-electron chi connectivity index (χ0n) is 11.6. The van der Waals surface area contributed by atoms with Crippen LogP contribution in [-0.4, -0.2) is 13.0 Å². The van der Waals surface area contributed by atoms with Crippen LogP contribution in [-0.2, 0) is 6.54 Å². The van der Waals surface area contributed by atoms with Crippen LogP contribution in [0.25, 0.3) is 0 Å². The molecule has 0 spiro atoms. The highest BCUT2D eigenvalue weighted by Gasteiger charge is 2.02. The predicted octanol–water partition coefficient (Wildman–Crippen LogP) is 2.71. The third-order valence-corrected chi connectivity index (χ3v) is 3.10. The molecule has 0 saturated carbocycles. The summed E-state index contributed by atoms with van der Waals surface area (Å²) in [5.41, 5.74) is 8.87. The number of anilines is 1. The van der Waals surface area contributed by atoms with E-state index in [2.05, 4.69) is 11.4 Å². The highest BCUT2D eigenvalue weighted by atomic mass is 16.5. The molecule has 0 unspecified atom stereocenters. The van der Waals surface area contributed by atoms with Crippen molar-refractivity contribution >= 4 is 11.6 Å².